The smallest absolute Gasteiger partial charge is 0.262 e. The average Bonchev–Trinajstić information content (AvgIpc) is 2.62. The van der Waals surface area contributed by atoms with Crippen molar-refractivity contribution in [3.8, 4) is 5.75 Å². The van der Waals surface area contributed by atoms with Gasteiger partial charge in [-0.15, -0.1) is 0 Å². The fourth-order valence-corrected chi connectivity index (χ4v) is 3.18. The Morgan fingerprint density at radius 2 is 2.00 bits per heavy atom. The molecule has 1 fully saturated rings. The Morgan fingerprint density at radius 1 is 1.24 bits per heavy atom. The zero-order valence-electron chi connectivity index (χ0n) is 13.5. The molecule has 0 spiro atoms. The summed E-state index contributed by atoms with van der Waals surface area (Å²) in [6, 6.07) is 11.6. The summed E-state index contributed by atoms with van der Waals surface area (Å²) in [6.45, 7) is 2.82. The van der Waals surface area contributed by atoms with Crippen LogP contribution < -0.4 is 15.0 Å². The fraction of sp³-hybridized carbons (Fsp3) is 0.278. The molecule has 1 heterocycles. The zero-order chi connectivity index (χ0) is 17.6. The molecular formula is C18H18BrFN2O3. The van der Waals surface area contributed by atoms with Gasteiger partial charge < -0.3 is 19.7 Å². The molecule has 1 N–H and O–H groups in total. The molecule has 132 valence electrons. The summed E-state index contributed by atoms with van der Waals surface area (Å²) < 4.78 is 24.9. The number of para-hydroxylation sites is 1. The number of carbonyl (C=O) groups is 1. The molecule has 2 aromatic rings. The second kappa shape index (κ2) is 8.31. The molecule has 0 aromatic heterocycles. The first-order valence-corrected chi connectivity index (χ1v) is 8.72. The van der Waals surface area contributed by atoms with E-state index in [1.54, 1.807) is 12.1 Å². The number of amides is 1. The van der Waals surface area contributed by atoms with E-state index < -0.39 is 5.82 Å². The number of nitrogens with zero attached hydrogens (tertiary/aromatic N) is 1. The third-order valence-electron chi connectivity index (χ3n) is 3.78. The molecule has 0 unspecified atom stereocenters. The van der Waals surface area contributed by atoms with E-state index in [0.29, 0.717) is 18.9 Å². The molecule has 1 saturated heterocycles. The third-order valence-corrected chi connectivity index (χ3v) is 4.41. The summed E-state index contributed by atoms with van der Waals surface area (Å²) in [5, 5.41) is 2.74. The molecule has 0 saturated carbocycles. The minimum Gasteiger partial charge on any atom is -0.481 e. The van der Waals surface area contributed by atoms with Crippen LogP contribution >= 0.6 is 15.9 Å². The van der Waals surface area contributed by atoms with Crippen LogP contribution in [0.4, 0.5) is 15.8 Å². The second-order valence-corrected chi connectivity index (χ2v) is 6.39. The molecule has 7 heteroatoms. The van der Waals surface area contributed by atoms with Crippen molar-refractivity contribution in [2.45, 2.75) is 0 Å². The number of hydrogen-bond donors (Lipinski definition) is 1. The average molecular weight is 409 g/mol. The molecule has 0 radical (unpaired) electrons. The minimum absolute atomic E-state index is 0.0569. The third kappa shape index (κ3) is 4.70. The maximum absolute atomic E-state index is 13.5. The first kappa shape index (κ1) is 17.7. The van der Waals surface area contributed by atoms with Crippen molar-refractivity contribution in [1.29, 1.82) is 0 Å². The van der Waals surface area contributed by atoms with E-state index in [4.69, 9.17) is 9.47 Å². The lowest BCUT2D eigenvalue weighted by Gasteiger charge is -2.29. The van der Waals surface area contributed by atoms with E-state index in [1.807, 2.05) is 18.2 Å². The molecular weight excluding hydrogens is 391 g/mol. The highest BCUT2D eigenvalue weighted by atomic mass is 79.9. The summed E-state index contributed by atoms with van der Waals surface area (Å²) in [4.78, 5) is 14.2. The van der Waals surface area contributed by atoms with Crippen LogP contribution in [0.2, 0.25) is 0 Å². The predicted molar refractivity (Wildman–Crippen MR) is 97.7 cm³/mol. The van der Waals surface area contributed by atoms with Gasteiger partial charge >= 0.3 is 0 Å². The molecule has 0 aliphatic carbocycles. The van der Waals surface area contributed by atoms with Gasteiger partial charge in [0.15, 0.2) is 18.2 Å². The van der Waals surface area contributed by atoms with E-state index in [0.717, 1.165) is 23.2 Å². The van der Waals surface area contributed by atoms with Crippen molar-refractivity contribution in [3.05, 3.63) is 52.8 Å². The molecule has 0 bridgehead atoms. The van der Waals surface area contributed by atoms with Crippen LogP contribution in [0, 0.1) is 5.82 Å². The van der Waals surface area contributed by atoms with Crippen LogP contribution in [0.15, 0.2) is 46.9 Å². The van der Waals surface area contributed by atoms with Gasteiger partial charge in [0.2, 0.25) is 0 Å². The van der Waals surface area contributed by atoms with Crippen LogP contribution in [-0.4, -0.2) is 38.8 Å². The number of ether oxygens (including phenoxy) is 2. The molecule has 1 amide bonds. The molecule has 0 atom stereocenters. The van der Waals surface area contributed by atoms with E-state index in [9.17, 15) is 9.18 Å². The number of benzene rings is 2. The molecule has 1 aliphatic rings. The van der Waals surface area contributed by atoms with E-state index in [2.05, 4.69) is 26.1 Å². The Bertz CT molecular complexity index is 751. The Kier molecular flexibility index (Phi) is 5.88. The first-order valence-electron chi connectivity index (χ1n) is 7.93. The number of morpholine rings is 1. The number of carbonyl (C=O) groups excluding carboxylic acids is 1. The van der Waals surface area contributed by atoms with Crippen LogP contribution in [-0.2, 0) is 9.53 Å². The predicted octanol–water partition coefficient (Wildman–Crippen LogP) is 3.44. The van der Waals surface area contributed by atoms with Crippen LogP contribution in [0.5, 0.6) is 5.75 Å². The Morgan fingerprint density at radius 3 is 2.72 bits per heavy atom. The van der Waals surface area contributed by atoms with Crippen molar-refractivity contribution < 1.29 is 18.7 Å². The standard InChI is InChI=1S/C18H18BrFN2O3/c19-14-11-13(5-6-16(14)22-7-9-24-10-8-22)21-18(23)12-25-17-4-2-1-3-15(17)20/h1-6,11H,7-10,12H2,(H,21,23). The Labute approximate surface area is 153 Å². The van der Waals surface area contributed by atoms with Crippen molar-refractivity contribution in [2.24, 2.45) is 0 Å². The van der Waals surface area contributed by atoms with Gasteiger partial charge in [0, 0.05) is 23.2 Å². The Balaban J connectivity index is 1.58. The maximum Gasteiger partial charge on any atom is 0.262 e. The van der Waals surface area contributed by atoms with Crippen molar-refractivity contribution in [3.63, 3.8) is 0 Å². The van der Waals surface area contributed by atoms with Crippen molar-refractivity contribution >= 4 is 33.2 Å². The number of anilines is 2. The number of rotatable bonds is 5. The number of halogens is 2. The highest BCUT2D eigenvalue weighted by molar-refractivity contribution is 9.10. The molecule has 25 heavy (non-hydrogen) atoms. The number of hydrogen-bond acceptors (Lipinski definition) is 4. The largest absolute Gasteiger partial charge is 0.481 e. The lowest BCUT2D eigenvalue weighted by molar-refractivity contribution is -0.118. The summed E-state index contributed by atoms with van der Waals surface area (Å²) >= 11 is 3.54. The maximum atomic E-state index is 13.5. The van der Waals surface area contributed by atoms with E-state index in [-0.39, 0.29) is 18.3 Å². The topological polar surface area (TPSA) is 50.8 Å². The van der Waals surface area contributed by atoms with Gasteiger partial charge in [-0.3, -0.25) is 4.79 Å². The highest BCUT2D eigenvalue weighted by Crippen LogP contribution is 2.29. The van der Waals surface area contributed by atoms with Gasteiger partial charge in [0.05, 0.1) is 18.9 Å². The van der Waals surface area contributed by atoms with Gasteiger partial charge in [-0.2, -0.15) is 0 Å². The monoisotopic (exact) mass is 408 g/mol. The lowest BCUT2D eigenvalue weighted by atomic mass is 10.2. The molecule has 2 aromatic carbocycles. The molecule has 5 nitrogen and oxygen atoms in total. The summed E-state index contributed by atoms with van der Waals surface area (Å²) in [5.41, 5.74) is 1.70. The van der Waals surface area contributed by atoms with Crippen LogP contribution in [0.1, 0.15) is 0 Å². The molecule has 3 rings (SSSR count). The van der Waals surface area contributed by atoms with E-state index in [1.165, 1.54) is 12.1 Å². The molecule has 1 aliphatic heterocycles. The first-order chi connectivity index (χ1) is 12.1. The van der Waals surface area contributed by atoms with Crippen LogP contribution in [0.3, 0.4) is 0 Å². The van der Waals surface area contributed by atoms with E-state index >= 15 is 0 Å². The number of nitrogens with one attached hydrogen (secondary N) is 1. The van der Waals surface area contributed by atoms with Gasteiger partial charge in [0.1, 0.15) is 0 Å². The quantitative estimate of drug-likeness (QED) is 0.822. The van der Waals surface area contributed by atoms with Crippen molar-refractivity contribution in [2.75, 3.05) is 43.1 Å². The van der Waals surface area contributed by atoms with Crippen LogP contribution in [0.25, 0.3) is 0 Å². The summed E-state index contributed by atoms with van der Waals surface area (Å²) in [5.74, 6) is -0.788. The summed E-state index contributed by atoms with van der Waals surface area (Å²) in [7, 11) is 0. The van der Waals surface area contributed by atoms with Gasteiger partial charge in [-0.25, -0.2) is 4.39 Å². The second-order valence-electron chi connectivity index (χ2n) is 5.53. The lowest BCUT2D eigenvalue weighted by Crippen LogP contribution is -2.36. The highest BCUT2D eigenvalue weighted by Gasteiger charge is 2.15. The normalized spacial score (nSPS) is 14.2. The van der Waals surface area contributed by atoms with Gasteiger partial charge in [0.25, 0.3) is 5.91 Å². The van der Waals surface area contributed by atoms with Crippen molar-refractivity contribution in [1.82, 2.24) is 0 Å². The Hall–Kier alpha value is -2.12. The minimum atomic E-state index is -0.493. The summed E-state index contributed by atoms with van der Waals surface area (Å²) in [6.07, 6.45) is 0. The van der Waals surface area contributed by atoms with Gasteiger partial charge in [-0.1, -0.05) is 12.1 Å². The zero-order valence-corrected chi connectivity index (χ0v) is 15.1. The van der Waals surface area contributed by atoms with Gasteiger partial charge in [-0.05, 0) is 46.3 Å². The SMILES string of the molecule is O=C(COc1ccccc1F)Nc1ccc(N2CCOCC2)c(Br)c1. The fourth-order valence-electron chi connectivity index (χ4n) is 2.55.